The second-order valence-corrected chi connectivity index (χ2v) is 2.67. The summed E-state index contributed by atoms with van der Waals surface area (Å²) in [5.74, 6) is -1.35. The van der Waals surface area contributed by atoms with E-state index in [9.17, 15) is 9.18 Å². The number of carbonyl (C=O) groups is 1. The van der Waals surface area contributed by atoms with E-state index in [1.807, 2.05) is 13.8 Å². The highest BCUT2D eigenvalue weighted by Crippen LogP contribution is 2.06. The molecule has 0 rings (SSSR count). The third-order valence-corrected chi connectivity index (χ3v) is 1.15. The Morgan fingerprint density at radius 1 is 1.64 bits per heavy atom. The minimum absolute atomic E-state index is 0.352. The van der Waals surface area contributed by atoms with Gasteiger partial charge >= 0.3 is 5.97 Å². The van der Waals surface area contributed by atoms with Crippen LogP contribution >= 0.6 is 0 Å². The average Bonchev–Trinajstić information content (AvgIpc) is 1.98. The van der Waals surface area contributed by atoms with Crippen LogP contribution in [0.2, 0.25) is 0 Å². The van der Waals surface area contributed by atoms with Crippen molar-refractivity contribution in [3.05, 3.63) is 11.9 Å². The molecule has 11 heavy (non-hydrogen) atoms. The van der Waals surface area contributed by atoms with E-state index in [4.69, 9.17) is 0 Å². The van der Waals surface area contributed by atoms with Crippen LogP contribution < -0.4 is 0 Å². The first-order valence-corrected chi connectivity index (χ1v) is 3.52. The number of halogens is 1. The van der Waals surface area contributed by atoms with Crippen LogP contribution in [0, 0.1) is 5.92 Å². The van der Waals surface area contributed by atoms with Gasteiger partial charge in [0.15, 0.2) is 0 Å². The molecule has 0 amide bonds. The molecular formula is C8H13FO2. The molecule has 64 valence electrons. The summed E-state index contributed by atoms with van der Waals surface area (Å²) in [5.41, 5.74) is 0. The van der Waals surface area contributed by atoms with Crippen molar-refractivity contribution in [3.8, 4) is 0 Å². The van der Waals surface area contributed by atoms with Gasteiger partial charge in [0, 0.05) is 0 Å². The van der Waals surface area contributed by atoms with Crippen molar-refractivity contribution in [1.29, 1.82) is 0 Å². The fraction of sp³-hybridized carbons (Fsp3) is 0.625. The van der Waals surface area contributed by atoms with Gasteiger partial charge < -0.3 is 4.74 Å². The largest absolute Gasteiger partial charge is 0.464 e. The van der Waals surface area contributed by atoms with Crippen molar-refractivity contribution in [2.75, 3.05) is 7.11 Å². The van der Waals surface area contributed by atoms with E-state index in [0.29, 0.717) is 12.3 Å². The molecule has 0 fully saturated rings. The zero-order valence-electron chi connectivity index (χ0n) is 7.06. The number of rotatable bonds is 3. The Morgan fingerprint density at radius 3 is 2.55 bits per heavy atom. The van der Waals surface area contributed by atoms with Crippen LogP contribution in [0.5, 0.6) is 0 Å². The molecule has 2 nitrogen and oxygen atoms in total. The monoisotopic (exact) mass is 160 g/mol. The van der Waals surface area contributed by atoms with E-state index < -0.39 is 11.8 Å². The zero-order valence-corrected chi connectivity index (χ0v) is 7.06. The molecule has 3 heteroatoms. The summed E-state index contributed by atoms with van der Waals surface area (Å²) >= 11 is 0. The minimum atomic E-state index is -0.898. The van der Waals surface area contributed by atoms with Crippen LogP contribution in [-0.4, -0.2) is 13.1 Å². The molecule has 0 aromatic rings. The summed E-state index contributed by atoms with van der Waals surface area (Å²) in [7, 11) is 1.16. The standard InChI is InChI=1S/C8H13FO2/c1-6(2)4-5-7(9)8(10)11-3/h5-6H,4H2,1-3H3/b7-5+. The number of esters is 1. The Bertz CT molecular complexity index is 161. The maximum Gasteiger partial charge on any atom is 0.366 e. The van der Waals surface area contributed by atoms with E-state index in [-0.39, 0.29) is 0 Å². The first kappa shape index (κ1) is 10.1. The first-order chi connectivity index (χ1) is 5.07. The van der Waals surface area contributed by atoms with Gasteiger partial charge in [-0.05, 0) is 18.4 Å². The van der Waals surface area contributed by atoms with Crippen LogP contribution in [0.3, 0.4) is 0 Å². The second-order valence-electron chi connectivity index (χ2n) is 2.67. The van der Waals surface area contributed by atoms with Crippen molar-refractivity contribution in [2.45, 2.75) is 20.3 Å². The Morgan fingerprint density at radius 2 is 2.18 bits per heavy atom. The lowest BCUT2D eigenvalue weighted by atomic mass is 10.1. The molecule has 0 saturated heterocycles. The summed E-state index contributed by atoms with van der Waals surface area (Å²) in [5, 5.41) is 0. The van der Waals surface area contributed by atoms with Gasteiger partial charge in [-0.25, -0.2) is 4.79 Å². The van der Waals surface area contributed by atoms with Crippen LogP contribution in [0.25, 0.3) is 0 Å². The topological polar surface area (TPSA) is 26.3 Å². The summed E-state index contributed by atoms with van der Waals surface area (Å²) in [6.45, 7) is 3.89. The van der Waals surface area contributed by atoms with Crippen molar-refractivity contribution in [1.82, 2.24) is 0 Å². The van der Waals surface area contributed by atoms with Gasteiger partial charge in [0.05, 0.1) is 7.11 Å². The molecule has 0 atom stereocenters. The van der Waals surface area contributed by atoms with E-state index in [2.05, 4.69) is 4.74 Å². The van der Waals surface area contributed by atoms with E-state index in [1.165, 1.54) is 6.08 Å². The van der Waals surface area contributed by atoms with Crippen LogP contribution in [0.1, 0.15) is 20.3 Å². The third-order valence-electron chi connectivity index (χ3n) is 1.15. The van der Waals surface area contributed by atoms with Crippen molar-refractivity contribution >= 4 is 5.97 Å². The Balaban J connectivity index is 3.90. The molecule has 0 saturated carbocycles. The highest BCUT2D eigenvalue weighted by Gasteiger charge is 2.06. The molecule has 0 aliphatic carbocycles. The van der Waals surface area contributed by atoms with Gasteiger partial charge in [-0.2, -0.15) is 4.39 Å². The molecule has 0 aliphatic rings. The fourth-order valence-corrected chi connectivity index (χ4v) is 0.520. The van der Waals surface area contributed by atoms with Crippen LogP contribution in [0.15, 0.2) is 11.9 Å². The molecule has 0 aliphatic heterocycles. The summed E-state index contributed by atoms with van der Waals surface area (Å²) in [6, 6.07) is 0. The number of hydrogen-bond donors (Lipinski definition) is 0. The van der Waals surface area contributed by atoms with E-state index >= 15 is 0 Å². The molecule has 0 spiro atoms. The van der Waals surface area contributed by atoms with Gasteiger partial charge in [-0.15, -0.1) is 0 Å². The number of methoxy groups -OCH3 is 1. The lowest BCUT2D eigenvalue weighted by molar-refractivity contribution is -0.137. The zero-order chi connectivity index (χ0) is 8.85. The molecule has 0 radical (unpaired) electrons. The van der Waals surface area contributed by atoms with Gasteiger partial charge in [-0.1, -0.05) is 13.8 Å². The normalized spacial score (nSPS) is 11.9. The van der Waals surface area contributed by atoms with E-state index in [0.717, 1.165) is 7.11 Å². The average molecular weight is 160 g/mol. The molecular weight excluding hydrogens is 147 g/mol. The number of ether oxygens (including phenoxy) is 1. The molecule has 0 N–H and O–H groups in total. The predicted octanol–water partition coefficient (Wildman–Crippen LogP) is 2.06. The summed E-state index contributed by atoms with van der Waals surface area (Å²) < 4.78 is 16.7. The summed E-state index contributed by atoms with van der Waals surface area (Å²) in [6.07, 6.45) is 1.80. The maximum atomic E-state index is 12.5. The summed E-state index contributed by atoms with van der Waals surface area (Å²) in [4.78, 5) is 10.5. The number of hydrogen-bond acceptors (Lipinski definition) is 2. The molecule has 0 aromatic heterocycles. The van der Waals surface area contributed by atoms with Gasteiger partial charge in [0.1, 0.15) is 0 Å². The lowest BCUT2D eigenvalue weighted by Crippen LogP contribution is -2.00. The number of carbonyl (C=O) groups excluding carboxylic acids is 1. The van der Waals surface area contributed by atoms with Gasteiger partial charge in [0.25, 0.3) is 0 Å². The van der Waals surface area contributed by atoms with Crippen LogP contribution in [-0.2, 0) is 9.53 Å². The smallest absolute Gasteiger partial charge is 0.366 e. The first-order valence-electron chi connectivity index (χ1n) is 3.52. The highest BCUT2D eigenvalue weighted by molar-refractivity contribution is 5.85. The quantitative estimate of drug-likeness (QED) is 0.466. The predicted molar refractivity (Wildman–Crippen MR) is 40.7 cm³/mol. The minimum Gasteiger partial charge on any atom is -0.464 e. The van der Waals surface area contributed by atoms with Crippen molar-refractivity contribution < 1.29 is 13.9 Å². The second kappa shape index (κ2) is 4.88. The molecule has 0 heterocycles. The number of allylic oxidation sites excluding steroid dienone is 1. The lowest BCUT2D eigenvalue weighted by Gasteiger charge is -1.98. The van der Waals surface area contributed by atoms with Crippen molar-refractivity contribution in [2.24, 2.45) is 5.92 Å². The highest BCUT2D eigenvalue weighted by atomic mass is 19.1. The molecule has 0 unspecified atom stereocenters. The molecule has 0 aromatic carbocycles. The van der Waals surface area contributed by atoms with E-state index in [1.54, 1.807) is 0 Å². The Kier molecular flexibility index (Phi) is 4.50. The molecule has 0 bridgehead atoms. The van der Waals surface area contributed by atoms with Crippen molar-refractivity contribution in [3.63, 3.8) is 0 Å². The Hall–Kier alpha value is -0.860. The maximum absolute atomic E-state index is 12.5. The fourth-order valence-electron chi connectivity index (χ4n) is 0.520. The van der Waals surface area contributed by atoms with Gasteiger partial charge in [-0.3, -0.25) is 0 Å². The van der Waals surface area contributed by atoms with Gasteiger partial charge in [0.2, 0.25) is 5.83 Å². The van der Waals surface area contributed by atoms with Crippen LogP contribution in [0.4, 0.5) is 4.39 Å². The SMILES string of the molecule is COC(=O)/C(F)=C\CC(C)C. The Labute approximate surface area is 66.0 Å². The third kappa shape index (κ3) is 4.53.